The van der Waals surface area contributed by atoms with Crippen LogP contribution < -0.4 is 4.74 Å². The molecule has 1 amide bonds. The number of halogens is 1. The average molecular weight is 413 g/mol. The van der Waals surface area contributed by atoms with E-state index in [4.69, 9.17) is 21.2 Å². The van der Waals surface area contributed by atoms with Gasteiger partial charge in [-0.05, 0) is 60.4 Å². The van der Waals surface area contributed by atoms with E-state index in [9.17, 15) is 4.79 Å². The van der Waals surface area contributed by atoms with Crippen LogP contribution in [-0.4, -0.2) is 36.3 Å². The van der Waals surface area contributed by atoms with Crippen LogP contribution in [0.4, 0.5) is 0 Å². The number of carbonyl (C=O) groups excluding carboxylic acids is 1. The minimum absolute atomic E-state index is 0.137. The summed E-state index contributed by atoms with van der Waals surface area (Å²) in [6.45, 7) is 1.05. The summed E-state index contributed by atoms with van der Waals surface area (Å²) in [5.41, 5.74) is 2.94. The molecule has 1 unspecified atom stereocenters. The molecule has 1 heterocycles. The van der Waals surface area contributed by atoms with Gasteiger partial charge in [0.1, 0.15) is 5.75 Å². The molecule has 1 saturated carbocycles. The molecule has 0 N–H and O–H groups in total. The van der Waals surface area contributed by atoms with Crippen molar-refractivity contribution in [2.45, 2.75) is 38.3 Å². The molecule has 0 bridgehead atoms. The number of carbonyl (C=O) groups is 1. The molecule has 29 heavy (non-hydrogen) atoms. The molecule has 1 atom stereocenters. The molecule has 6 heteroatoms. The van der Waals surface area contributed by atoms with Crippen LogP contribution in [0, 0.1) is 5.92 Å². The van der Waals surface area contributed by atoms with Crippen LogP contribution in [0.25, 0.3) is 0 Å². The number of methoxy groups -OCH3 is 1. The molecule has 0 saturated heterocycles. The van der Waals surface area contributed by atoms with E-state index in [0.29, 0.717) is 24.5 Å². The first kappa shape index (κ1) is 19.8. The van der Waals surface area contributed by atoms with E-state index in [0.717, 1.165) is 41.9 Å². The van der Waals surface area contributed by atoms with Crippen LogP contribution in [0.3, 0.4) is 0 Å². The van der Waals surface area contributed by atoms with Gasteiger partial charge in [-0.2, -0.15) is 0 Å². The highest BCUT2D eigenvalue weighted by Gasteiger charge is 2.33. The Morgan fingerprint density at radius 1 is 1.24 bits per heavy atom. The number of rotatable bonds is 7. The summed E-state index contributed by atoms with van der Waals surface area (Å²) in [6.07, 6.45) is 3.62. The van der Waals surface area contributed by atoms with Gasteiger partial charge in [0.05, 0.1) is 19.4 Å². The largest absolute Gasteiger partial charge is 0.497 e. The highest BCUT2D eigenvalue weighted by Crippen LogP contribution is 2.30. The fourth-order valence-electron chi connectivity index (χ4n) is 3.73. The van der Waals surface area contributed by atoms with Gasteiger partial charge < -0.3 is 14.5 Å². The summed E-state index contributed by atoms with van der Waals surface area (Å²) >= 11 is 6.13. The molecule has 5 nitrogen and oxygen atoms in total. The maximum Gasteiger partial charge on any atom is 0.226 e. The molecular formula is C23H25ClN2O3. The number of hydrogen-bond donors (Lipinski definition) is 0. The Hall–Kier alpha value is -2.53. The highest BCUT2D eigenvalue weighted by atomic mass is 35.5. The third kappa shape index (κ3) is 4.73. The monoisotopic (exact) mass is 412 g/mol. The van der Waals surface area contributed by atoms with Crippen LogP contribution in [0.2, 0.25) is 5.02 Å². The zero-order chi connectivity index (χ0) is 20.2. The highest BCUT2D eigenvalue weighted by molar-refractivity contribution is 6.30. The van der Waals surface area contributed by atoms with Crippen molar-refractivity contribution >= 4 is 23.2 Å². The predicted molar refractivity (Wildman–Crippen MR) is 113 cm³/mol. The molecular weight excluding hydrogens is 388 g/mol. The molecule has 2 aliphatic rings. The molecule has 2 aromatic rings. The van der Waals surface area contributed by atoms with Gasteiger partial charge in [-0.15, -0.1) is 0 Å². The topological polar surface area (TPSA) is 51.1 Å². The van der Waals surface area contributed by atoms with E-state index < -0.39 is 0 Å². The van der Waals surface area contributed by atoms with Gasteiger partial charge >= 0.3 is 0 Å². The summed E-state index contributed by atoms with van der Waals surface area (Å²) in [4.78, 5) is 20.6. The van der Waals surface area contributed by atoms with Crippen molar-refractivity contribution in [1.29, 1.82) is 0 Å². The van der Waals surface area contributed by atoms with Gasteiger partial charge in [-0.1, -0.05) is 35.3 Å². The second kappa shape index (κ2) is 8.87. The summed E-state index contributed by atoms with van der Waals surface area (Å²) in [6, 6.07) is 15.5. The normalized spacial score (nSPS) is 18.6. The van der Waals surface area contributed by atoms with Gasteiger partial charge in [-0.25, -0.2) is 0 Å². The minimum Gasteiger partial charge on any atom is -0.497 e. The van der Waals surface area contributed by atoms with Crippen molar-refractivity contribution in [3.63, 3.8) is 0 Å². The molecule has 0 aromatic heterocycles. The second-order valence-corrected chi connectivity index (χ2v) is 8.11. The van der Waals surface area contributed by atoms with E-state index in [2.05, 4.69) is 5.16 Å². The van der Waals surface area contributed by atoms with Crippen molar-refractivity contribution in [2.75, 3.05) is 13.7 Å². The minimum atomic E-state index is -0.143. The third-order valence-corrected chi connectivity index (χ3v) is 5.84. The first-order valence-corrected chi connectivity index (χ1v) is 10.4. The van der Waals surface area contributed by atoms with Crippen molar-refractivity contribution in [1.82, 2.24) is 4.90 Å². The number of oxime groups is 1. The number of amides is 1. The van der Waals surface area contributed by atoms with Gasteiger partial charge in [0, 0.05) is 23.9 Å². The zero-order valence-electron chi connectivity index (χ0n) is 16.5. The summed E-state index contributed by atoms with van der Waals surface area (Å²) in [7, 11) is 1.65. The van der Waals surface area contributed by atoms with E-state index in [1.807, 2.05) is 53.4 Å². The lowest BCUT2D eigenvalue weighted by Crippen LogP contribution is -2.42. The number of nitrogens with zero attached hydrogens (tertiary/aromatic N) is 2. The van der Waals surface area contributed by atoms with Crippen molar-refractivity contribution in [3.8, 4) is 5.75 Å². The lowest BCUT2D eigenvalue weighted by atomic mass is 9.84. The molecule has 0 spiro atoms. The third-order valence-electron chi connectivity index (χ3n) is 5.61. The Balaban J connectivity index is 1.42. The fraction of sp³-hybridized carbons (Fsp3) is 0.391. The van der Waals surface area contributed by atoms with Gasteiger partial charge in [0.25, 0.3) is 0 Å². The van der Waals surface area contributed by atoms with Crippen LogP contribution in [-0.2, 0) is 16.2 Å². The van der Waals surface area contributed by atoms with Crippen molar-refractivity contribution in [2.24, 2.45) is 11.1 Å². The average Bonchev–Trinajstić information content (AvgIpc) is 3.15. The smallest absolute Gasteiger partial charge is 0.226 e. The van der Waals surface area contributed by atoms with Crippen LogP contribution in [0.1, 0.15) is 36.8 Å². The van der Waals surface area contributed by atoms with E-state index in [1.54, 1.807) is 7.11 Å². The van der Waals surface area contributed by atoms with E-state index in [1.165, 1.54) is 0 Å². The Bertz CT molecular complexity index is 893. The van der Waals surface area contributed by atoms with Crippen molar-refractivity contribution in [3.05, 3.63) is 64.7 Å². The molecule has 2 aromatic carbocycles. The van der Waals surface area contributed by atoms with E-state index in [-0.39, 0.29) is 17.9 Å². The van der Waals surface area contributed by atoms with Crippen LogP contribution in [0.5, 0.6) is 5.75 Å². The summed E-state index contributed by atoms with van der Waals surface area (Å²) in [5.74, 6) is 1.15. The number of ether oxygens (including phenoxy) is 1. The molecule has 1 fully saturated rings. The lowest BCUT2D eigenvalue weighted by Gasteiger charge is -2.32. The maximum atomic E-state index is 13.0. The predicted octanol–water partition coefficient (Wildman–Crippen LogP) is 4.67. The van der Waals surface area contributed by atoms with Crippen LogP contribution >= 0.6 is 11.6 Å². The Morgan fingerprint density at radius 2 is 2.03 bits per heavy atom. The Morgan fingerprint density at radius 3 is 2.69 bits per heavy atom. The molecule has 1 aliphatic carbocycles. The quantitative estimate of drug-likeness (QED) is 0.664. The SMILES string of the molecule is COc1ccc(C2=NOC(CN(Cc3cccc(Cl)c3)C(=O)C3CCC3)C2)cc1. The van der Waals surface area contributed by atoms with Crippen LogP contribution in [0.15, 0.2) is 53.7 Å². The first-order chi connectivity index (χ1) is 14.1. The fourth-order valence-corrected chi connectivity index (χ4v) is 3.94. The van der Waals surface area contributed by atoms with E-state index >= 15 is 0 Å². The maximum absolute atomic E-state index is 13.0. The molecule has 1 aliphatic heterocycles. The Kier molecular flexibility index (Phi) is 6.05. The summed E-state index contributed by atoms with van der Waals surface area (Å²) < 4.78 is 5.21. The van der Waals surface area contributed by atoms with Gasteiger partial charge in [0.2, 0.25) is 5.91 Å². The standard InChI is InChI=1S/C23H25ClN2O3/c1-28-20-10-8-17(9-11-20)22-13-21(29-25-22)15-26(23(27)18-5-3-6-18)14-16-4-2-7-19(24)12-16/h2,4,7-12,18,21H,3,5-6,13-15H2,1H3. The number of hydrogen-bond acceptors (Lipinski definition) is 4. The Labute approximate surface area is 176 Å². The molecule has 4 rings (SSSR count). The lowest BCUT2D eigenvalue weighted by molar-refractivity contribution is -0.140. The molecule has 152 valence electrons. The van der Waals surface area contributed by atoms with Crippen molar-refractivity contribution < 1.29 is 14.4 Å². The van der Waals surface area contributed by atoms with Gasteiger partial charge in [0.15, 0.2) is 6.10 Å². The number of benzene rings is 2. The van der Waals surface area contributed by atoms with Gasteiger partial charge in [-0.3, -0.25) is 4.79 Å². The first-order valence-electron chi connectivity index (χ1n) is 10.0. The summed E-state index contributed by atoms with van der Waals surface area (Å²) in [5, 5.41) is 4.95. The molecule has 0 radical (unpaired) electrons. The second-order valence-electron chi connectivity index (χ2n) is 7.67. The zero-order valence-corrected chi connectivity index (χ0v) is 17.3.